The Morgan fingerprint density at radius 3 is 2.42 bits per heavy atom. The molecule has 1 aliphatic rings. The van der Waals surface area contributed by atoms with Crippen molar-refractivity contribution in [2.45, 2.75) is 32.7 Å². The summed E-state index contributed by atoms with van der Waals surface area (Å²) in [5.41, 5.74) is 2.51. The van der Waals surface area contributed by atoms with E-state index >= 15 is 0 Å². The summed E-state index contributed by atoms with van der Waals surface area (Å²) in [6.07, 6.45) is 3.27. The minimum Gasteiger partial charge on any atom is -0.380 e. The lowest BCUT2D eigenvalue weighted by atomic mass is 9.94. The van der Waals surface area contributed by atoms with Crippen molar-refractivity contribution in [2.75, 3.05) is 19.7 Å². The number of rotatable bonds is 8. The standard InChI is InChI=1S/C21H27NO3S/c1-18-7-9-21(10-8-18)25-26(23)24-16-13-19-11-14-22(15-12-19)17-20-5-3-2-4-6-20/h2-10,19H,11-17H2,1H3. The predicted octanol–water partition coefficient (Wildman–Crippen LogP) is 4.27. The molecule has 0 radical (unpaired) electrons. The number of aryl methyl sites for hydroxylation is 1. The summed E-state index contributed by atoms with van der Waals surface area (Å²) in [6, 6.07) is 18.1. The Bertz CT molecular complexity index is 682. The van der Waals surface area contributed by atoms with Gasteiger partial charge in [-0.1, -0.05) is 48.0 Å². The van der Waals surface area contributed by atoms with Crippen LogP contribution in [0.25, 0.3) is 0 Å². The van der Waals surface area contributed by atoms with E-state index in [4.69, 9.17) is 8.37 Å². The van der Waals surface area contributed by atoms with Crippen molar-refractivity contribution in [3.05, 3.63) is 65.7 Å². The minimum absolute atomic E-state index is 0.474. The first-order valence-electron chi connectivity index (χ1n) is 9.25. The van der Waals surface area contributed by atoms with Gasteiger partial charge in [0, 0.05) is 6.54 Å². The zero-order valence-corrected chi connectivity index (χ0v) is 16.1. The molecule has 0 aliphatic carbocycles. The third kappa shape index (κ3) is 6.24. The van der Waals surface area contributed by atoms with Crippen LogP contribution in [-0.2, 0) is 22.1 Å². The fourth-order valence-electron chi connectivity index (χ4n) is 3.25. The third-order valence-electron chi connectivity index (χ3n) is 4.85. The fraction of sp³-hybridized carbons (Fsp3) is 0.429. The second-order valence-corrected chi connectivity index (χ2v) is 7.73. The lowest BCUT2D eigenvalue weighted by molar-refractivity contribution is 0.158. The lowest BCUT2D eigenvalue weighted by Crippen LogP contribution is -2.33. The number of nitrogens with zero attached hydrogens (tertiary/aromatic N) is 1. The first kappa shape index (κ1) is 19.1. The summed E-state index contributed by atoms with van der Waals surface area (Å²) in [5.74, 6) is 1.21. The molecule has 1 aliphatic heterocycles. The van der Waals surface area contributed by atoms with Crippen LogP contribution in [0.4, 0.5) is 0 Å². The number of hydrogen-bond acceptors (Lipinski definition) is 4. The highest BCUT2D eigenvalue weighted by molar-refractivity contribution is 7.75. The molecular weight excluding hydrogens is 346 g/mol. The fourth-order valence-corrected chi connectivity index (χ4v) is 3.80. The van der Waals surface area contributed by atoms with Gasteiger partial charge in [-0.15, -0.1) is 0 Å². The predicted molar refractivity (Wildman–Crippen MR) is 105 cm³/mol. The van der Waals surface area contributed by atoms with E-state index in [0.717, 1.165) is 31.6 Å². The Labute approximate surface area is 159 Å². The Balaban J connectivity index is 1.31. The maximum atomic E-state index is 11.9. The van der Waals surface area contributed by atoms with Gasteiger partial charge in [-0.3, -0.25) is 9.08 Å². The van der Waals surface area contributed by atoms with Crippen molar-refractivity contribution in [3.63, 3.8) is 0 Å². The summed E-state index contributed by atoms with van der Waals surface area (Å²) in [4.78, 5) is 2.51. The van der Waals surface area contributed by atoms with E-state index in [0.29, 0.717) is 18.3 Å². The van der Waals surface area contributed by atoms with E-state index in [1.807, 2.05) is 19.1 Å². The molecule has 26 heavy (non-hydrogen) atoms. The first-order valence-corrected chi connectivity index (χ1v) is 10.3. The van der Waals surface area contributed by atoms with Gasteiger partial charge in [-0.2, -0.15) is 4.21 Å². The molecule has 2 aromatic carbocycles. The zero-order chi connectivity index (χ0) is 18.2. The quantitative estimate of drug-likeness (QED) is 0.693. The van der Waals surface area contributed by atoms with Crippen LogP contribution in [0, 0.1) is 12.8 Å². The monoisotopic (exact) mass is 373 g/mol. The highest BCUT2D eigenvalue weighted by atomic mass is 32.2. The number of hydrogen-bond donors (Lipinski definition) is 0. The third-order valence-corrected chi connectivity index (χ3v) is 5.53. The SMILES string of the molecule is Cc1ccc(OS(=O)OCCC2CCN(Cc3ccccc3)CC2)cc1. The van der Waals surface area contributed by atoms with Gasteiger partial charge >= 0.3 is 11.4 Å². The average molecular weight is 374 g/mol. The Kier molecular flexibility index (Phi) is 7.23. The first-order chi connectivity index (χ1) is 12.7. The topological polar surface area (TPSA) is 38.8 Å². The van der Waals surface area contributed by atoms with Gasteiger partial charge in [0.2, 0.25) is 0 Å². The lowest BCUT2D eigenvalue weighted by Gasteiger charge is -2.31. The highest BCUT2D eigenvalue weighted by Crippen LogP contribution is 2.22. The Morgan fingerprint density at radius 2 is 1.73 bits per heavy atom. The highest BCUT2D eigenvalue weighted by Gasteiger charge is 2.19. The summed E-state index contributed by atoms with van der Waals surface area (Å²) in [6.45, 7) is 5.73. The van der Waals surface area contributed by atoms with Crippen molar-refractivity contribution in [1.82, 2.24) is 4.90 Å². The molecule has 1 atom stereocenters. The van der Waals surface area contributed by atoms with Crippen molar-refractivity contribution in [3.8, 4) is 5.75 Å². The molecule has 1 heterocycles. The van der Waals surface area contributed by atoms with Crippen LogP contribution in [0.2, 0.25) is 0 Å². The summed E-state index contributed by atoms with van der Waals surface area (Å²) in [7, 11) is 0. The minimum atomic E-state index is -1.73. The van der Waals surface area contributed by atoms with Gasteiger partial charge in [0.05, 0.1) is 6.61 Å². The van der Waals surface area contributed by atoms with Gasteiger partial charge in [0.15, 0.2) is 0 Å². The second-order valence-electron chi connectivity index (χ2n) is 6.92. The van der Waals surface area contributed by atoms with Crippen LogP contribution in [0.15, 0.2) is 54.6 Å². The summed E-state index contributed by atoms with van der Waals surface area (Å²) >= 11 is -1.73. The molecule has 0 aromatic heterocycles. The average Bonchev–Trinajstić information content (AvgIpc) is 2.66. The molecule has 0 amide bonds. The van der Waals surface area contributed by atoms with Crippen LogP contribution >= 0.6 is 0 Å². The van der Waals surface area contributed by atoms with Gasteiger partial charge in [0.25, 0.3) is 0 Å². The van der Waals surface area contributed by atoms with Crippen molar-refractivity contribution in [1.29, 1.82) is 0 Å². The van der Waals surface area contributed by atoms with Gasteiger partial charge in [0.1, 0.15) is 5.75 Å². The smallest absolute Gasteiger partial charge is 0.360 e. The van der Waals surface area contributed by atoms with Crippen molar-refractivity contribution in [2.24, 2.45) is 5.92 Å². The van der Waals surface area contributed by atoms with E-state index in [1.54, 1.807) is 12.1 Å². The van der Waals surface area contributed by atoms with E-state index < -0.39 is 11.4 Å². The van der Waals surface area contributed by atoms with Crippen LogP contribution in [0.5, 0.6) is 5.75 Å². The molecule has 1 unspecified atom stereocenters. The molecule has 0 bridgehead atoms. The normalized spacial score (nSPS) is 17.1. The molecule has 0 N–H and O–H groups in total. The largest absolute Gasteiger partial charge is 0.380 e. The number of benzene rings is 2. The molecule has 0 saturated carbocycles. The molecule has 1 fully saturated rings. The van der Waals surface area contributed by atoms with Crippen LogP contribution in [0.1, 0.15) is 30.4 Å². The Morgan fingerprint density at radius 1 is 1.04 bits per heavy atom. The van der Waals surface area contributed by atoms with Crippen LogP contribution < -0.4 is 4.18 Å². The van der Waals surface area contributed by atoms with E-state index in [9.17, 15) is 4.21 Å². The second kappa shape index (κ2) is 9.86. The molecule has 0 spiro atoms. The molecule has 4 nitrogen and oxygen atoms in total. The van der Waals surface area contributed by atoms with Gasteiger partial charge < -0.3 is 4.18 Å². The number of likely N-dealkylation sites (tertiary alicyclic amines) is 1. The van der Waals surface area contributed by atoms with Crippen LogP contribution in [0.3, 0.4) is 0 Å². The summed E-state index contributed by atoms with van der Waals surface area (Å²) < 4.78 is 22.5. The van der Waals surface area contributed by atoms with E-state index in [1.165, 1.54) is 18.4 Å². The zero-order valence-electron chi connectivity index (χ0n) is 15.3. The van der Waals surface area contributed by atoms with E-state index in [2.05, 4.69) is 35.2 Å². The number of piperidine rings is 1. The van der Waals surface area contributed by atoms with Crippen molar-refractivity contribution >= 4 is 11.4 Å². The summed E-state index contributed by atoms with van der Waals surface area (Å²) in [5, 5.41) is 0. The molecule has 3 rings (SSSR count). The molecule has 5 heteroatoms. The van der Waals surface area contributed by atoms with Crippen LogP contribution in [-0.4, -0.2) is 28.8 Å². The van der Waals surface area contributed by atoms with E-state index in [-0.39, 0.29) is 0 Å². The maximum absolute atomic E-state index is 11.9. The molecular formula is C21H27NO3S. The molecule has 140 valence electrons. The van der Waals surface area contributed by atoms with Gasteiger partial charge in [-0.25, -0.2) is 0 Å². The Hall–Kier alpha value is -1.69. The van der Waals surface area contributed by atoms with Gasteiger partial charge in [-0.05, 0) is 62.9 Å². The van der Waals surface area contributed by atoms with Crippen molar-refractivity contribution < 1.29 is 12.6 Å². The molecule has 2 aromatic rings. The maximum Gasteiger partial charge on any atom is 0.360 e. The molecule has 1 saturated heterocycles.